The average Bonchev–Trinajstić information content (AvgIpc) is 2.46. The van der Waals surface area contributed by atoms with Crippen molar-refractivity contribution in [3.63, 3.8) is 0 Å². The van der Waals surface area contributed by atoms with Gasteiger partial charge in [-0.15, -0.1) is 6.58 Å². The standard InChI is InChI=1S/C19H27NOSi/c1-7-15(14-21-22(5,6)19(2,3)4)18-13-12-16-10-8-9-11-17(16)20-18/h7-13,15H,1,14H2,2-6H3/t15-/m1/s1. The molecule has 3 heteroatoms. The Hall–Kier alpha value is -1.45. The maximum absolute atomic E-state index is 6.34. The van der Waals surface area contributed by atoms with Crippen molar-refractivity contribution in [3.05, 3.63) is 54.7 Å². The number of fused-ring (bicyclic) bond motifs is 1. The summed E-state index contributed by atoms with van der Waals surface area (Å²) in [5.41, 5.74) is 2.06. The second-order valence-corrected chi connectivity index (χ2v) is 12.2. The summed E-state index contributed by atoms with van der Waals surface area (Å²) < 4.78 is 6.34. The number of nitrogens with zero attached hydrogens (tertiary/aromatic N) is 1. The maximum atomic E-state index is 6.34. The fourth-order valence-corrected chi connectivity index (χ4v) is 3.11. The van der Waals surface area contributed by atoms with Crippen molar-refractivity contribution in [2.24, 2.45) is 0 Å². The van der Waals surface area contributed by atoms with Gasteiger partial charge in [0.2, 0.25) is 0 Å². The van der Waals surface area contributed by atoms with Gasteiger partial charge in [-0.25, -0.2) is 0 Å². The molecule has 1 aromatic carbocycles. The molecule has 0 aliphatic carbocycles. The molecule has 1 atom stereocenters. The van der Waals surface area contributed by atoms with E-state index in [0.29, 0.717) is 6.61 Å². The Labute approximate surface area is 135 Å². The first-order valence-corrected chi connectivity index (χ1v) is 10.8. The van der Waals surface area contributed by atoms with E-state index < -0.39 is 8.32 Å². The highest BCUT2D eigenvalue weighted by molar-refractivity contribution is 6.74. The molecule has 0 fully saturated rings. The van der Waals surface area contributed by atoms with Crippen LogP contribution in [0.2, 0.25) is 18.1 Å². The summed E-state index contributed by atoms with van der Waals surface area (Å²) in [6, 6.07) is 12.4. The first-order valence-electron chi connectivity index (χ1n) is 7.87. The third kappa shape index (κ3) is 3.65. The Balaban J connectivity index is 2.18. The monoisotopic (exact) mass is 313 g/mol. The summed E-state index contributed by atoms with van der Waals surface area (Å²) in [4.78, 5) is 4.77. The van der Waals surface area contributed by atoms with Crippen molar-refractivity contribution in [3.8, 4) is 0 Å². The molecule has 22 heavy (non-hydrogen) atoms. The van der Waals surface area contributed by atoms with E-state index in [9.17, 15) is 0 Å². The number of hydrogen-bond acceptors (Lipinski definition) is 2. The molecule has 0 amide bonds. The number of benzene rings is 1. The van der Waals surface area contributed by atoms with Crippen molar-refractivity contribution in [1.82, 2.24) is 4.98 Å². The van der Waals surface area contributed by atoms with Gasteiger partial charge in [-0.05, 0) is 30.3 Å². The van der Waals surface area contributed by atoms with E-state index in [4.69, 9.17) is 9.41 Å². The van der Waals surface area contributed by atoms with Crippen LogP contribution in [0.1, 0.15) is 32.4 Å². The molecular weight excluding hydrogens is 286 g/mol. The molecular formula is C19H27NOSi. The lowest BCUT2D eigenvalue weighted by Gasteiger charge is -2.37. The minimum atomic E-state index is -1.75. The molecule has 118 valence electrons. The quantitative estimate of drug-likeness (QED) is 0.535. The lowest BCUT2D eigenvalue weighted by molar-refractivity contribution is 0.277. The van der Waals surface area contributed by atoms with Crippen LogP contribution in [0, 0.1) is 0 Å². The number of rotatable bonds is 5. The summed E-state index contributed by atoms with van der Waals surface area (Å²) in [6.07, 6.45) is 1.95. The zero-order valence-electron chi connectivity index (χ0n) is 14.4. The van der Waals surface area contributed by atoms with Crippen LogP contribution in [-0.2, 0) is 4.43 Å². The highest BCUT2D eigenvalue weighted by Gasteiger charge is 2.37. The van der Waals surface area contributed by atoms with E-state index in [0.717, 1.165) is 11.2 Å². The number of hydrogen-bond donors (Lipinski definition) is 0. The van der Waals surface area contributed by atoms with Gasteiger partial charge in [0.05, 0.1) is 11.2 Å². The van der Waals surface area contributed by atoms with Crippen molar-refractivity contribution >= 4 is 19.2 Å². The summed E-state index contributed by atoms with van der Waals surface area (Å²) in [5, 5.41) is 1.38. The Kier molecular flexibility index (Phi) is 4.88. The lowest BCUT2D eigenvalue weighted by Crippen LogP contribution is -2.41. The van der Waals surface area contributed by atoms with Crippen LogP contribution in [-0.4, -0.2) is 19.9 Å². The third-order valence-electron chi connectivity index (χ3n) is 4.71. The van der Waals surface area contributed by atoms with Gasteiger partial charge in [0.25, 0.3) is 0 Å². The number of pyridine rings is 1. The molecule has 2 nitrogen and oxygen atoms in total. The molecule has 0 aliphatic rings. The molecule has 0 N–H and O–H groups in total. The van der Waals surface area contributed by atoms with Gasteiger partial charge >= 0.3 is 0 Å². The van der Waals surface area contributed by atoms with Crippen LogP contribution in [0.15, 0.2) is 49.1 Å². The van der Waals surface area contributed by atoms with Crippen LogP contribution in [0.3, 0.4) is 0 Å². The van der Waals surface area contributed by atoms with Gasteiger partial charge in [-0.2, -0.15) is 0 Å². The van der Waals surface area contributed by atoms with Crippen LogP contribution in [0.4, 0.5) is 0 Å². The topological polar surface area (TPSA) is 22.1 Å². The molecule has 0 saturated carbocycles. The van der Waals surface area contributed by atoms with E-state index in [1.54, 1.807) is 0 Å². The van der Waals surface area contributed by atoms with E-state index in [2.05, 4.69) is 58.6 Å². The molecule has 0 radical (unpaired) electrons. The molecule has 0 aliphatic heterocycles. The van der Waals surface area contributed by atoms with E-state index in [1.807, 2.05) is 24.3 Å². The molecule has 2 aromatic rings. The van der Waals surface area contributed by atoms with Crippen LogP contribution in [0.5, 0.6) is 0 Å². The fraction of sp³-hybridized carbons (Fsp3) is 0.421. The second-order valence-electron chi connectivity index (χ2n) is 7.34. The van der Waals surface area contributed by atoms with Crippen LogP contribution >= 0.6 is 0 Å². The van der Waals surface area contributed by atoms with Gasteiger partial charge in [-0.3, -0.25) is 4.98 Å². The normalized spacial score (nSPS) is 14.0. The predicted molar refractivity (Wildman–Crippen MR) is 97.8 cm³/mol. The molecule has 2 rings (SSSR count). The SMILES string of the molecule is C=C[C@H](CO[Si](C)(C)C(C)(C)C)c1ccc2ccccc2n1. The third-order valence-corrected chi connectivity index (χ3v) is 9.22. The largest absolute Gasteiger partial charge is 0.416 e. The van der Waals surface area contributed by atoms with Crippen molar-refractivity contribution in [2.45, 2.75) is 44.8 Å². The highest BCUT2D eigenvalue weighted by atomic mass is 28.4. The first-order chi connectivity index (χ1) is 10.2. The summed E-state index contributed by atoms with van der Waals surface area (Å²) in [5.74, 6) is 0.138. The minimum absolute atomic E-state index is 0.138. The Bertz CT molecular complexity index is 658. The molecule has 0 unspecified atom stereocenters. The molecule has 1 heterocycles. The Morgan fingerprint density at radius 1 is 1.18 bits per heavy atom. The highest BCUT2D eigenvalue weighted by Crippen LogP contribution is 2.37. The second kappa shape index (κ2) is 6.35. The summed E-state index contributed by atoms with van der Waals surface area (Å²) in [6.45, 7) is 16.0. The zero-order chi connectivity index (χ0) is 16.4. The van der Waals surface area contributed by atoms with Crippen LogP contribution in [0.25, 0.3) is 10.9 Å². The van der Waals surface area contributed by atoms with Gasteiger partial charge in [0.15, 0.2) is 8.32 Å². The van der Waals surface area contributed by atoms with Gasteiger partial charge in [0, 0.05) is 17.9 Å². The molecule has 0 spiro atoms. The van der Waals surface area contributed by atoms with E-state index in [1.165, 1.54) is 5.39 Å². The molecule has 0 saturated heterocycles. The van der Waals surface area contributed by atoms with Crippen molar-refractivity contribution in [1.29, 1.82) is 0 Å². The zero-order valence-corrected chi connectivity index (χ0v) is 15.4. The van der Waals surface area contributed by atoms with Crippen LogP contribution < -0.4 is 0 Å². The molecule has 0 bridgehead atoms. The van der Waals surface area contributed by atoms with Crippen molar-refractivity contribution < 1.29 is 4.43 Å². The molecule has 1 aromatic heterocycles. The van der Waals surface area contributed by atoms with Gasteiger partial charge in [0.1, 0.15) is 0 Å². The van der Waals surface area contributed by atoms with E-state index in [-0.39, 0.29) is 11.0 Å². The minimum Gasteiger partial charge on any atom is -0.416 e. The number of para-hydroxylation sites is 1. The average molecular weight is 314 g/mol. The van der Waals surface area contributed by atoms with Gasteiger partial charge < -0.3 is 4.43 Å². The maximum Gasteiger partial charge on any atom is 0.192 e. The Morgan fingerprint density at radius 2 is 1.86 bits per heavy atom. The summed E-state index contributed by atoms with van der Waals surface area (Å²) >= 11 is 0. The first kappa shape index (κ1) is 16.9. The Morgan fingerprint density at radius 3 is 2.50 bits per heavy atom. The fourth-order valence-electron chi connectivity index (χ4n) is 2.08. The summed E-state index contributed by atoms with van der Waals surface area (Å²) in [7, 11) is -1.75. The predicted octanol–water partition coefficient (Wildman–Crippen LogP) is 5.53. The number of aromatic nitrogens is 1. The smallest absolute Gasteiger partial charge is 0.192 e. The van der Waals surface area contributed by atoms with E-state index >= 15 is 0 Å². The van der Waals surface area contributed by atoms with Gasteiger partial charge in [-0.1, -0.05) is 51.1 Å². The van der Waals surface area contributed by atoms with Crippen molar-refractivity contribution in [2.75, 3.05) is 6.61 Å². The lowest BCUT2D eigenvalue weighted by atomic mass is 10.1.